The van der Waals surface area contributed by atoms with E-state index < -0.39 is 8.32 Å². The van der Waals surface area contributed by atoms with Crippen molar-refractivity contribution >= 4 is 14.2 Å². The van der Waals surface area contributed by atoms with E-state index in [4.69, 9.17) is 15.6 Å². The largest absolute Gasteiger partial charge is 0.416 e. The average molecular weight is 256 g/mol. The van der Waals surface area contributed by atoms with Gasteiger partial charge in [0, 0.05) is 12.0 Å². The summed E-state index contributed by atoms with van der Waals surface area (Å²) < 4.78 is 6.26. The van der Waals surface area contributed by atoms with E-state index >= 15 is 0 Å². The number of hydrogen-bond acceptors (Lipinski definition) is 2. The molecule has 1 aliphatic carbocycles. The van der Waals surface area contributed by atoms with E-state index in [1.165, 1.54) is 12.8 Å². The zero-order valence-corrected chi connectivity index (χ0v) is 13.0. The van der Waals surface area contributed by atoms with Gasteiger partial charge in [-0.25, -0.2) is 0 Å². The second-order valence-electron chi connectivity index (χ2n) is 6.95. The van der Waals surface area contributed by atoms with Gasteiger partial charge in [0.15, 0.2) is 8.32 Å². The third kappa shape index (κ3) is 3.10. The van der Waals surface area contributed by atoms with Crippen LogP contribution >= 0.6 is 0 Å². The molecule has 0 amide bonds. The number of nitrogens with two attached hydrogens (primary N) is 1. The zero-order valence-electron chi connectivity index (χ0n) is 12.0. The van der Waals surface area contributed by atoms with Crippen molar-refractivity contribution in [2.45, 2.75) is 64.6 Å². The summed E-state index contributed by atoms with van der Waals surface area (Å²) in [6.07, 6.45) is 4.41. The lowest BCUT2D eigenvalue weighted by atomic mass is 9.86. The molecule has 0 unspecified atom stereocenters. The van der Waals surface area contributed by atoms with Crippen molar-refractivity contribution in [1.82, 2.24) is 0 Å². The Morgan fingerprint density at radius 2 is 1.76 bits per heavy atom. The van der Waals surface area contributed by atoms with Crippen LogP contribution in [0.1, 0.15) is 46.5 Å². The van der Waals surface area contributed by atoms with Crippen molar-refractivity contribution in [2.75, 3.05) is 6.61 Å². The molecule has 0 spiro atoms. The predicted molar refractivity (Wildman–Crippen MR) is 76.0 cm³/mol. The minimum absolute atomic E-state index is 0.157. The molecule has 100 valence electrons. The third-order valence-electron chi connectivity index (χ3n) is 4.65. The molecule has 0 bridgehead atoms. The first-order valence-corrected chi connectivity index (χ1v) is 9.50. The van der Waals surface area contributed by atoms with E-state index in [0.29, 0.717) is 12.4 Å². The van der Waals surface area contributed by atoms with Gasteiger partial charge in [0.25, 0.3) is 0 Å². The van der Waals surface area contributed by atoms with E-state index in [1.807, 2.05) is 0 Å². The van der Waals surface area contributed by atoms with Gasteiger partial charge < -0.3 is 10.2 Å². The molecule has 4 heteroatoms. The smallest absolute Gasteiger partial charge is 0.192 e. The molecule has 1 aliphatic rings. The minimum Gasteiger partial charge on any atom is -0.416 e. The van der Waals surface area contributed by atoms with Crippen LogP contribution in [-0.4, -0.2) is 20.8 Å². The van der Waals surface area contributed by atoms with E-state index in [0.717, 1.165) is 12.8 Å². The van der Waals surface area contributed by atoms with Crippen LogP contribution in [0.4, 0.5) is 0 Å². The first-order valence-electron chi connectivity index (χ1n) is 6.59. The predicted octanol–water partition coefficient (Wildman–Crippen LogP) is 3.50. The Balaban J connectivity index is 2.69. The Labute approximate surface area is 107 Å². The molecule has 3 nitrogen and oxygen atoms in total. The van der Waals surface area contributed by atoms with Crippen LogP contribution in [0, 0.1) is 10.8 Å². The normalized spacial score (nSPS) is 20.5. The number of amidine groups is 1. The van der Waals surface area contributed by atoms with Crippen LogP contribution in [0.2, 0.25) is 18.1 Å². The summed E-state index contributed by atoms with van der Waals surface area (Å²) in [6, 6.07) is 0. The summed E-state index contributed by atoms with van der Waals surface area (Å²) in [5, 5.41) is 8.04. The monoisotopic (exact) mass is 256 g/mol. The topological polar surface area (TPSA) is 59.1 Å². The summed E-state index contributed by atoms with van der Waals surface area (Å²) in [4.78, 5) is 0. The van der Waals surface area contributed by atoms with Gasteiger partial charge in [0.1, 0.15) is 0 Å². The standard InChI is InChI=1S/C13H28N2OSi/c1-12(2,3)17(4,5)16-10-13(11(14)15)8-6-7-9-13/h6-10H2,1-5H3,(H3,14,15). The number of rotatable bonds is 4. The van der Waals surface area contributed by atoms with Gasteiger partial charge >= 0.3 is 0 Å². The minimum atomic E-state index is -1.72. The van der Waals surface area contributed by atoms with Crippen LogP contribution in [0.25, 0.3) is 0 Å². The van der Waals surface area contributed by atoms with Crippen LogP contribution in [0.15, 0.2) is 0 Å². The number of nitrogens with one attached hydrogen (secondary N) is 1. The summed E-state index contributed by atoms with van der Waals surface area (Å²) in [5.74, 6) is 0.328. The summed E-state index contributed by atoms with van der Waals surface area (Å²) in [6.45, 7) is 11.9. The van der Waals surface area contributed by atoms with Gasteiger partial charge in [-0.1, -0.05) is 33.6 Å². The lowest BCUT2D eigenvalue weighted by molar-refractivity contribution is 0.191. The molecule has 17 heavy (non-hydrogen) atoms. The van der Waals surface area contributed by atoms with Crippen molar-refractivity contribution in [3.05, 3.63) is 0 Å². The van der Waals surface area contributed by atoms with Gasteiger partial charge in [-0.2, -0.15) is 0 Å². The highest BCUT2D eigenvalue weighted by Crippen LogP contribution is 2.42. The molecule has 0 aromatic carbocycles. The van der Waals surface area contributed by atoms with Crippen molar-refractivity contribution < 1.29 is 4.43 Å². The van der Waals surface area contributed by atoms with Crippen LogP contribution in [0.3, 0.4) is 0 Å². The second kappa shape index (κ2) is 4.73. The lowest BCUT2D eigenvalue weighted by Crippen LogP contribution is -2.46. The van der Waals surface area contributed by atoms with Gasteiger partial charge in [-0.15, -0.1) is 0 Å². The Kier molecular flexibility index (Phi) is 4.09. The zero-order chi connectivity index (χ0) is 13.3. The Hall–Kier alpha value is -0.353. The van der Waals surface area contributed by atoms with E-state index in [-0.39, 0.29) is 10.5 Å². The van der Waals surface area contributed by atoms with Crippen LogP contribution in [-0.2, 0) is 4.43 Å². The van der Waals surface area contributed by atoms with Gasteiger partial charge in [0.05, 0.1) is 5.84 Å². The van der Waals surface area contributed by atoms with Crippen molar-refractivity contribution in [3.63, 3.8) is 0 Å². The average Bonchev–Trinajstić information content (AvgIpc) is 2.62. The van der Waals surface area contributed by atoms with E-state index in [1.54, 1.807) is 0 Å². The molecule has 1 saturated carbocycles. The Bertz CT molecular complexity index is 288. The molecular formula is C13H28N2OSi. The van der Waals surface area contributed by atoms with Crippen molar-refractivity contribution in [1.29, 1.82) is 5.41 Å². The quantitative estimate of drug-likeness (QED) is 0.459. The lowest BCUT2D eigenvalue weighted by Gasteiger charge is -2.39. The molecular weight excluding hydrogens is 228 g/mol. The van der Waals surface area contributed by atoms with Gasteiger partial charge in [0.2, 0.25) is 0 Å². The van der Waals surface area contributed by atoms with Crippen LogP contribution < -0.4 is 5.73 Å². The highest BCUT2D eigenvalue weighted by Gasteiger charge is 2.42. The fraction of sp³-hybridized carbons (Fsp3) is 0.923. The second-order valence-corrected chi connectivity index (χ2v) is 11.8. The molecule has 0 saturated heterocycles. The van der Waals surface area contributed by atoms with Gasteiger partial charge in [-0.3, -0.25) is 5.41 Å². The Morgan fingerprint density at radius 3 is 2.12 bits per heavy atom. The fourth-order valence-corrected chi connectivity index (χ4v) is 3.15. The molecule has 0 atom stereocenters. The first-order chi connectivity index (χ1) is 7.61. The van der Waals surface area contributed by atoms with E-state index in [2.05, 4.69) is 33.9 Å². The molecule has 1 rings (SSSR count). The Morgan fingerprint density at radius 1 is 1.29 bits per heavy atom. The molecule has 0 radical (unpaired) electrons. The highest BCUT2D eigenvalue weighted by molar-refractivity contribution is 6.74. The van der Waals surface area contributed by atoms with Crippen molar-refractivity contribution in [3.8, 4) is 0 Å². The third-order valence-corrected chi connectivity index (χ3v) is 9.13. The first kappa shape index (κ1) is 14.7. The molecule has 0 aromatic heterocycles. The number of hydrogen-bond donors (Lipinski definition) is 2. The summed E-state index contributed by atoms with van der Waals surface area (Å²) >= 11 is 0. The molecule has 3 N–H and O–H groups in total. The fourth-order valence-electron chi connectivity index (χ4n) is 2.08. The maximum atomic E-state index is 7.82. The van der Waals surface area contributed by atoms with Gasteiger partial charge in [-0.05, 0) is 31.0 Å². The molecule has 0 heterocycles. The molecule has 0 aliphatic heterocycles. The van der Waals surface area contributed by atoms with Crippen LogP contribution in [0.5, 0.6) is 0 Å². The summed E-state index contributed by atoms with van der Waals surface area (Å²) in [7, 11) is -1.72. The highest BCUT2D eigenvalue weighted by atomic mass is 28.4. The van der Waals surface area contributed by atoms with Crippen molar-refractivity contribution in [2.24, 2.45) is 11.1 Å². The summed E-state index contributed by atoms with van der Waals surface area (Å²) in [5.41, 5.74) is 5.63. The van der Waals surface area contributed by atoms with E-state index in [9.17, 15) is 0 Å². The molecule has 1 fully saturated rings. The maximum absolute atomic E-state index is 7.82. The SMILES string of the molecule is CC(C)(C)[Si](C)(C)OCC1(C(=N)N)CCCC1. The maximum Gasteiger partial charge on any atom is 0.192 e. The molecule has 0 aromatic rings.